The van der Waals surface area contributed by atoms with E-state index in [2.05, 4.69) is 21.2 Å². The molecular formula is C11H13BrN2O4. The number of β-amino-alcohol motifs (C(OH)–C–C–N with tert-alkyl or cyclic N) is 1. The van der Waals surface area contributed by atoms with E-state index < -0.39 is 23.6 Å². The molecule has 7 heteroatoms. The number of rotatable bonds is 4. The zero-order valence-electron chi connectivity index (χ0n) is 9.72. The molecule has 18 heavy (non-hydrogen) atoms. The lowest BCUT2D eigenvalue weighted by Gasteiger charge is -2.19. The maximum atomic E-state index is 12.2. The van der Waals surface area contributed by atoms with E-state index in [1.54, 1.807) is 19.1 Å². The third kappa shape index (κ3) is 2.04. The summed E-state index contributed by atoms with van der Waals surface area (Å²) < 4.78 is 5.18. The van der Waals surface area contributed by atoms with Crippen molar-refractivity contribution in [2.45, 2.75) is 18.6 Å². The molecule has 2 unspecified atom stereocenters. The molecule has 1 aliphatic heterocycles. The summed E-state index contributed by atoms with van der Waals surface area (Å²) in [6, 6.07) is 2.75. The fourth-order valence-corrected chi connectivity index (χ4v) is 2.06. The van der Waals surface area contributed by atoms with Gasteiger partial charge in [0.25, 0.3) is 5.91 Å². The number of furan rings is 1. The Morgan fingerprint density at radius 3 is 2.89 bits per heavy atom. The topological polar surface area (TPSA) is 82.8 Å². The van der Waals surface area contributed by atoms with E-state index in [0.717, 1.165) is 4.90 Å². The first-order valence-electron chi connectivity index (χ1n) is 5.41. The summed E-state index contributed by atoms with van der Waals surface area (Å²) in [5.74, 6) is -0.0564. The highest BCUT2D eigenvalue weighted by Crippen LogP contribution is 2.29. The maximum absolute atomic E-state index is 12.2. The van der Waals surface area contributed by atoms with Crippen molar-refractivity contribution in [1.82, 2.24) is 10.2 Å². The highest BCUT2D eigenvalue weighted by Gasteiger charge is 2.51. The fraction of sp³-hybridized carbons (Fsp3) is 0.455. The van der Waals surface area contributed by atoms with Gasteiger partial charge in [-0.1, -0.05) is 15.9 Å². The number of aliphatic hydroxyl groups is 1. The van der Waals surface area contributed by atoms with Gasteiger partial charge in [0.1, 0.15) is 5.76 Å². The SMILES string of the molecule is CC1(c2ccco2)NC(=O)N(CC(O)CBr)C1=O. The maximum Gasteiger partial charge on any atom is 0.325 e. The number of nitrogens with one attached hydrogen (secondary N) is 1. The van der Waals surface area contributed by atoms with Gasteiger partial charge < -0.3 is 14.8 Å². The number of nitrogens with zero attached hydrogens (tertiary/aromatic N) is 1. The van der Waals surface area contributed by atoms with Gasteiger partial charge in [-0.05, 0) is 19.1 Å². The molecule has 3 amide bonds. The Morgan fingerprint density at radius 1 is 1.61 bits per heavy atom. The van der Waals surface area contributed by atoms with Crippen LogP contribution in [-0.2, 0) is 10.3 Å². The normalized spacial score (nSPS) is 25.4. The van der Waals surface area contributed by atoms with Crippen LogP contribution in [0.4, 0.5) is 4.79 Å². The van der Waals surface area contributed by atoms with Crippen LogP contribution in [0, 0.1) is 0 Å². The number of carbonyl (C=O) groups is 2. The van der Waals surface area contributed by atoms with Gasteiger partial charge in [-0.3, -0.25) is 9.69 Å². The Labute approximate surface area is 112 Å². The molecule has 0 spiro atoms. The minimum atomic E-state index is -1.20. The minimum absolute atomic E-state index is 0.0494. The molecule has 0 saturated carbocycles. The number of alkyl halides is 1. The Balaban J connectivity index is 2.24. The molecule has 0 aliphatic carbocycles. The van der Waals surface area contributed by atoms with Gasteiger partial charge in [0.15, 0.2) is 5.54 Å². The molecule has 0 radical (unpaired) electrons. The molecule has 1 aliphatic rings. The number of amides is 3. The average Bonchev–Trinajstić information content (AvgIpc) is 2.93. The summed E-state index contributed by atoms with van der Waals surface area (Å²) in [4.78, 5) is 25.0. The first-order chi connectivity index (χ1) is 8.49. The van der Waals surface area contributed by atoms with Crippen LogP contribution in [0.15, 0.2) is 22.8 Å². The third-order valence-electron chi connectivity index (χ3n) is 2.86. The van der Waals surface area contributed by atoms with E-state index in [0.29, 0.717) is 11.1 Å². The summed E-state index contributed by atoms with van der Waals surface area (Å²) in [6.07, 6.45) is 0.648. The number of hydrogen-bond acceptors (Lipinski definition) is 4. The van der Waals surface area contributed by atoms with Crippen LogP contribution in [-0.4, -0.2) is 39.9 Å². The summed E-state index contributed by atoms with van der Waals surface area (Å²) in [7, 11) is 0. The van der Waals surface area contributed by atoms with Crippen molar-refractivity contribution >= 4 is 27.9 Å². The summed E-state index contributed by atoms with van der Waals surface area (Å²) in [6.45, 7) is 1.53. The van der Waals surface area contributed by atoms with Crippen LogP contribution in [0.1, 0.15) is 12.7 Å². The first kappa shape index (κ1) is 13.1. The molecular weight excluding hydrogens is 304 g/mol. The molecule has 1 aromatic heterocycles. The van der Waals surface area contributed by atoms with Crippen molar-refractivity contribution in [2.75, 3.05) is 11.9 Å². The van der Waals surface area contributed by atoms with Gasteiger partial charge >= 0.3 is 6.03 Å². The van der Waals surface area contributed by atoms with Crippen LogP contribution in [0.3, 0.4) is 0 Å². The van der Waals surface area contributed by atoms with Gasteiger partial charge in [0.2, 0.25) is 0 Å². The Kier molecular flexibility index (Phi) is 3.45. The molecule has 2 atom stereocenters. The predicted octanol–water partition coefficient (Wildman–Crippen LogP) is 0.802. The Hall–Kier alpha value is -1.34. The number of halogens is 1. The lowest BCUT2D eigenvalue weighted by molar-refractivity contribution is -0.132. The van der Waals surface area contributed by atoms with Crippen molar-refractivity contribution in [2.24, 2.45) is 0 Å². The van der Waals surface area contributed by atoms with Gasteiger partial charge in [0.05, 0.1) is 18.9 Å². The number of carbonyl (C=O) groups excluding carboxylic acids is 2. The Bertz CT molecular complexity index is 462. The minimum Gasteiger partial charge on any atom is -0.466 e. The molecule has 2 rings (SSSR count). The first-order valence-corrected chi connectivity index (χ1v) is 6.53. The van der Waals surface area contributed by atoms with Crippen LogP contribution in [0.5, 0.6) is 0 Å². The monoisotopic (exact) mass is 316 g/mol. The number of hydrogen-bond donors (Lipinski definition) is 2. The summed E-state index contributed by atoms with van der Waals surface area (Å²) in [5.41, 5.74) is -1.20. The van der Waals surface area contributed by atoms with Crippen LogP contribution >= 0.6 is 15.9 Å². The highest BCUT2D eigenvalue weighted by atomic mass is 79.9. The molecule has 98 valence electrons. The van der Waals surface area contributed by atoms with Crippen molar-refractivity contribution < 1.29 is 19.1 Å². The van der Waals surface area contributed by atoms with E-state index in [1.165, 1.54) is 6.26 Å². The molecule has 2 heterocycles. The van der Waals surface area contributed by atoms with Crippen molar-refractivity contribution in [3.8, 4) is 0 Å². The van der Waals surface area contributed by atoms with Crippen LogP contribution < -0.4 is 5.32 Å². The quantitative estimate of drug-likeness (QED) is 0.636. The van der Waals surface area contributed by atoms with Crippen molar-refractivity contribution in [1.29, 1.82) is 0 Å². The largest absolute Gasteiger partial charge is 0.466 e. The molecule has 0 aromatic carbocycles. The molecule has 1 saturated heterocycles. The van der Waals surface area contributed by atoms with Gasteiger partial charge in [-0.25, -0.2) is 4.79 Å². The van der Waals surface area contributed by atoms with E-state index in [4.69, 9.17) is 4.42 Å². The Morgan fingerprint density at radius 2 is 2.33 bits per heavy atom. The van der Waals surface area contributed by atoms with Gasteiger partial charge in [0, 0.05) is 5.33 Å². The molecule has 0 bridgehead atoms. The summed E-state index contributed by atoms with van der Waals surface area (Å²) in [5, 5.41) is 12.4. The number of urea groups is 1. The van der Waals surface area contributed by atoms with Gasteiger partial charge in [-0.15, -0.1) is 0 Å². The van der Waals surface area contributed by atoms with Crippen LogP contribution in [0.25, 0.3) is 0 Å². The average molecular weight is 317 g/mol. The van der Waals surface area contributed by atoms with E-state index in [9.17, 15) is 14.7 Å². The third-order valence-corrected chi connectivity index (χ3v) is 3.61. The second-order valence-electron chi connectivity index (χ2n) is 4.26. The van der Waals surface area contributed by atoms with Crippen LogP contribution in [0.2, 0.25) is 0 Å². The molecule has 2 N–H and O–H groups in total. The highest BCUT2D eigenvalue weighted by molar-refractivity contribution is 9.09. The van der Waals surface area contributed by atoms with Gasteiger partial charge in [-0.2, -0.15) is 0 Å². The zero-order valence-corrected chi connectivity index (χ0v) is 11.3. The van der Waals surface area contributed by atoms with Crippen molar-refractivity contribution in [3.05, 3.63) is 24.2 Å². The number of aliphatic hydroxyl groups excluding tert-OH is 1. The second kappa shape index (κ2) is 4.74. The molecule has 1 fully saturated rings. The smallest absolute Gasteiger partial charge is 0.325 e. The molecule has 1 aromatic rings. The number of imide groups is 1. The zero-order chi connectivity index (χ0) is 13.3. The lowest BCUT2D eigenvalue weighted by atomic mass is 9.99. The second-order valence-corrected chi connectivity index (χ2v) is 4.90. The summed E-state index contributed by atoms with van der Waals surface area (Å²) >= 11 is 3.09. The predicted molar refractivity (Wildman–Crippen MR) is 66.1 cm³/mol. The fourth-order valence-electron chi connectivity index (χ4n) is 1.85. The van der Waals surface area contributed by atoms with E-state index in [1.807, 2.05) is 0 Å². The molecule has 6 nitrogen and oxygen atoms in total. The van der Waals surface area contributed by atoms with E-state index in [-0.39, 0.29) is 6.54 Å². The lowest BCUT2D eigenvalue weighted by Crippen LogP contribution is -2.42. The van der Waals surface area contributed by atoms with E-state index >= 15 is 0 Å². The standard InChI is InChI=1S/C11H13BrN2O4/c1-11(8-3-2-4-18-8)9(16)14(10(17)13-11)6-7(15)5-12/h2-4,7,15H,5-6H2,1H3,(H,13,17). The van der Waals surface area contributed by atoms with Crippen molar-refractivity contribution in [3.63, 3.8) is 0 Å².